The quantitative estimate of drug-likeness (QED) is 0.786. The number of amides is 2. The van der Waals surface area contributed by atoms with Gasteiger partial charge in [0.15, 0.2) is 0 Å². The molecule has 0 radical (unpaired) electrons. The highest BCUT2D eigenvalue weighted by Gasteiger charge is 2.30. The van der Waals surface area contributed by atoms with Crippen molar-refractivity contribution in [3.05, 3.63) is 11.9 Å². The minimum Gasteiger partial charge on any atom is -0.390 e. The lowest BCUT2D eigenvalue weighted by atomic mass is 10.00. The average Bonchev–Trinajstić information content (AvgIpc) is 3.02. The topological polar surface area (TPSA) is 100 Å². The Morgan fingerprint density at radius 1 is 1.38 bits per heavy atom. The highest BCUT2D eigenvalue weighted by molar-refractivity contribution is 5.86. The maximum atomic E-state index is 12.7. The fraction of sp³-hybridized carbons (Fsp3) is 0.750. The number of aliphatic hydroxyl groups is 1. The van der Waals surface area contributed by atoms with Gasteiger partial charge in [0.1, 0.15) is 11.7 Å². The minimum atomic E-state index is -0.452. The molecule has 0 aliphatic carbocycles. The molecule has 2 heterocycles. The van der Waals surface area contributed by atoms with Crippen LogP contribution in [-0.2, 0) is 16.2 Å². The van der Waals surface area contributed by atoms with E-state index in [2.05, 4.69) is 15.6 Å². The van der Waals surface area contributed by atoms with E-state index in [0.717, 1.165) is 12.8 Å². The molecule has 134 valence electrons. The van der Waals surface area contributed by atoms with Gasteiger partial charge in [0, 0.05) is 20.0 Å². The highest BCUT2D eigenvalue weighted by atomic mass is 16.3. The number of piperidine rings is 1. The van der Waals surface area contributed by atoms with Gasteiger partial charge in [0.05, 0.1) is 18.8 Å². The molecule has 8 nitrogen and oxygen atoms in total. The van der Waals surface area contributed by atoms with Crippen LogP contribution in [0.25, 0.3) is 0 Å². The number of aliphatic hydroxyl groups excluding tert-OH is 1. The number of nitrogens with one attached hydrogen (secondary N) is 1. The van der Waals surface area contributed by atoms with Gasteiger partial charge in [-0.2, -0.15) is 0 Å². The third-order valence-electron chi connectivity index (χ3n) is 4.25. The van der Waals surface area contributed by atoms with E-state index in [0.29, 0.717) is 31.1 Å². The lowest BCUT2D eigenvalue weighted by Gasteiger charge is -2.34. The Morgan fingerprint density at radius 2 is 2.04 bits per heavy atom. The first-order chi connectivity index (χ1) is 11.4. The molecular weight excluding hydrogens is 310 g/mol. The molecular formula is C16H27N5O3. The van der Waals surface area contributed by atoms with E-state index < -0.39 is 6.04 Å². The molecule has 1 aromatic heterocycles. The van der Waals surface area contributed by atoms with Crippen LogP contribution in [0.1, 0.15) is 51.8 Å². The Bertz CT molecular complexity index is 564. The van der Waals surface area contributed by atoms with Crippen molar-refractivity contribution in [2.24, 2.45) is 5.92 Å². The first kappa shape index (κ1) is 18.4. The fourth-order valence-corrected chi connectivity index (χ4v) is 3.07. The van der Waals surface area contributed by atoms with E-state index >= 15 is 0 Å². The standard InChI is InChI=1S/C16H27N5O3/c1-11(2)8-15(17-12(3)23)16(24)20-6-4-14(5-7-20)21-9-13(10-22)18-19-21/h9,11,14-15,22H,4-8,10H2,1-3H3,(H,17,23)/t15-/m0/s1. The van der Waals surface area contributed by atoms with Gasteiger partial charge in [-0.1, -0.05) is 19.1 Å². The van der Waals surface area contributed by atoms with Crippen LogP contribution in [0, 0.1) is 5.92 Å². The molecule has 2 rings (SSSR count). The van der Waals surface area contributed by atoms with Crippen molar-refractivity contribution in [1.82, 2.24) is 25.2 Å². The van der Waals surface area contributed by atoms with Crippen molar-refractivity contribution in [2.45, 2.75) is 58.7 Å². The Balaban J connectivity index is 1.93. The van der Waals surface area contributed by atoms with Gasteiger partial charge in [0.2, 0.25) is 11.8 Å². The summed E-state index contributed by atoms with van der Waals surface area (Å²) in [5, 5.41) is 19.8. The Kier molecular flexibility index (Phi) is 6.30. The SMILES string of the molecule is CC(=O)N[C@@H](CC(C)C)C(=O)N1CCC(n2cc(CO)nn2)CC1. The van der Waals surface area contributed by atoms with Gasteiger partial charge in [-0.3, -0.25) is 9.59 Å². The van der Waals surface area contributed by atoms with Gasteiger partial charge < -0.3 is 15.3 Å². The van der Waals surface area contributed by atoms with Crippen molar-refractivity contribution in [3.8, 4) is 0 Å². The molecule has 1 atom stereocenters. The maximum absolute atomic E-state index is 12.7. The summed E-state index contributed by atoms with van der Waals surface area (Å²) in [6.07, 6.45) is 3.96. The zero-order valence-corrected chi connectivity index (χ0v) is 14.6. The van der Waals surface area contributed by atoms with E-state index in [1.54, 1.807) is 10.9 Å². The predicted octanol–water partition coefficient (Wildman–Crippen LogP) is 0.485. The molecule has 2 amide bonds. The first-order valence-corrected chi connectivity index (χ1v) is 8.48. The lowest BCUT2D eigenvalue weighted by Crippen LogP contribution is -2.51. The summed E-state index contributed by atoms with van der Waals surface area (Å²) < 4.78 is 1.77. The number of carbonyl (C=O) groups is 2. The van der Waals surface area contributed by atoms with Crippen LogP contribution in [0.3, 0.4) is 0 Å². The summed E-state index contributed by atoms with van der Waals surface area (Å²) in [6.45, 7) is 6.66. The fourth-order valence-electron chi connectivity index (χ4n) is 3.07. The number of nitrogens with zero attached hydrogens (tertiary/aromatic N) is 4. The summed E-state index contributed by atoms with van der Waals surface area (Å²) in [5.41, 5.74) is 0.552. The molecule has 2 N–H and O–H groups in total. The molecule has 24 heavy (non-hydrogen) atoms. The maximum Gasteiger partial charge on any atom is 0.245 e. The molecule has 1 saturated heterocycles. The lowest BCUT2D eigenvalue weighted by molar-refractivity contribution is -0.137. The van der Waals surface area contributed by atoms with Crippen LogP contribution in [0.4, 0.5) is 0 Å². The normalized spacial score (nSPS) is 17.1. The summed E-state index contributed by atoms with van der Waals surface area (Å²) in [7, 11) is 0. The van der Waals surface area contributed by atoms with Crippen LogP contribution < -0.4 is 5.32 Å². The second-order valence-corrected chi connectivity index (χ2v) is 6.79. The van der Waals surface area contributed by atoms with Crippen LogP contribution in [-0.4, -0.2) is 55.9 Å². The van der Waals surface area contributed by atoms with Crippen LogP contribution in [0.5, 0.6) is 0 Å². The summed E-state index contributed by atoms with van der Waals surface area (Å²) in [6, 6.07) is -0.266. The smallest absolute Gasteiger partial charge is 0.245 e. The van der Waals surface area contributed by atoms with Crippen LogP contribution >= 0.6 is 0 Å². The van der Waals surface area contributed by atoms with Gasteiger partial charge >= 0.3 is 0 Å². The van der Waals surface area contributed by atoms with E-state index in [4.69, 9.17) is 5.11 Å². The Morgan fingerprint density at radius 3 is 2.54 bits per heavy atom. The van der Waals surface area contributed by atoms with Crippen molar-refractivity contribution in [1.29, 1.82) is 0 Å². The molecule has 8 heteroatoms. The minimum absolute atomic E-state index is 0.00742. The second-order valence-electron chi connectivity index (χ2n) is 6.79. The summed E-state index contributed by atoms with van der Waals surface area (Å²) in [4.78, 5) is 25.9. The molecule has 0 saturated carbocycles. The van der Waals surface area contributed by atoms with Crippen LogP contribution in [0.15, 0.2) is 6.20 Å². The number of hydrogen-bond acceptors (Lipinski definition) is 5. The summed E-state index contributed by atoms with van der Waals surface area (Å²) >= 11 is 0. The molecule has 0 aromatic carbocycles. The monoisotopic (exact) mass is 337 g/mol. The van der Waals surface area contributed by atoms with E-state index in [9.17, 15) is 9.59 Å². The third kappa shape index (κ3) is 4.77. The number of likely N-dealkylation sites (tertiary alicyclic amines) is 1. The van der Waals surface area contributed by atoms with Gasteiger partial charge in [-0.05, 0) is 25.2 Å². The first-order valence-electron chi connectivity index (χ1n) is 8.48. The zero-order valence-electron chi connectivity index (χ0n) is 14.6. The van der Waals surface area contributed by atoms with Gasteiger partial charge in [0.25, 0.3) is 0 Å². The van der Waals surface area contributed by atoms with Crippen molar-refractivity contribution in [3.63, 3.8) is 0 Å². The molecule has 1 aliphatic rings. The molecule has 0 unspecified atom stereocenters. The van der Waals surface area contributed by atoms with Crippen molar-refractivity contribution < 1.29 is 14.7 Å². The zero-order chi connectivity index (χ0) is 17.7. The van der Waals surface area contributed by atoms with Crippen molar-refractivity contribution >= 4 is 11.8 Å². The number of carbonyl (C=O) groups excluding carboxylic acids is 2. The molecule has 1 aliphatic heterocycles. The number of aromatic nitrogens is 3. The molecule has 1 fully saturated rings. The molecule has 0 bridgehead atoms. The van der Waals surface area contributed by atoms with E-state index in [1.165, 1.54) is 6.92 Å². The molecule has 0 spiro atoms. The number of hydrogen-bond donors (Lipinski definition) is 2. The van der Waals surface area contributed by atoms with Crippen molar-refractivity contribution in [2.75, 3.05) is 13.1 Å². The average molecular weight is 337 g/mol. The van der Waals surface area contributed by atoms with Gasteiger partial charge in [-0.25, -0.2) is 4.68 Å². The predicted molar refractivity (Wildman–Crippen MR) is 87.9 cm³/mol. The number of rotatable bonds is 6. The van der Waals surface area contributed by atoms with E-state index in [1.807, 2.05) is 18.7 Å². The highest BCUT2D eigenvalue weighted by Crippen LogP contribution is 2.23. The third-order valence-corrected chi connectivity index (χ3v) is 4.25. The second kappa shape index (κ2) is 8.23. The molecule has 1 aromatic rings. The van der Waals surface area contributed by atoms with E-state index in [-0.39, 0.29) is 24.5 Å². The Labute approximate surface area is 142 Å². The van der Waals surface area contributed by atoms with Gasteiger partial charge in [-0.15, -0.1) is 5.10 Å². The Hall–Kier alpha value is -1.96. The largest absolute Gasteiger partial charge is 0.390 e. The summed E-state index contributed by atoms with van der Waals surface area (Å²) in [5.74, 6) is 0.144. The van der Waals surface area contributed by atoms with Crippen LogP contribution in [0.2, 0.25) is 0 Å².